The van der Waals surface area contributed by atoms with Crippen molar-refractivity contribution in [1.82, 2.24) is 45.7 Å². The molecule has 4 aromatic rings. The first kappa shape index (κ1) is 22.9. The molecule has 1 saturated heterocycles. The lowest BCUT2D eigenvalue weighted by Gasteiger charge is -2.33. The van der Waals surface area contributed by atoms with Gasteiger partial charge in [-0.1, -0.05) is 11.6 Å². The number of hydrogen-bond acceptors (Lipinski definition) is 8. The zero-order chi connectivity index (χ0) is 25.5. The van der Waals surface area contributed by atoms with E-state index in [0.29, 0.717) is 42.0 Å². The number of carbonyl (C=O) groups is 2. The van der Waals surface area contributed by atoms with E-state index >= 15 is 4.39 Å². The molecule has 2 aromatic carbocycles. The molecule has 1 fully saturated rings. The summed E-state index contributed by atoms with van der Waals surface area (Å²) in [4.78, 5) is 27.9. The first-order chi connectivity index (χ1) is 18.0. The number of benzene rings is 2. The normalized spacial score (nSPS) is 19.0. The number of tetrazole rings is 2. The lowest BCUT2D eigenvalue weighted by molar-refractivity contribution is -0.135. The number of amides is 2. The predicted octanol–water partition coefficient (Wildman–Crippen LogP) is 2.42. The van der Waals surface area contributed by atoms with Crippen LogP contribution in [0.15, 0.2) is 48.8 Å². The number of nitrogens with one attached hydrogen (secondary N) is 2. The molecule has 2 aliphatic heterocycles. The summed E-state index contributed by atoms with van der Waals surface area (Å²) in [6.07, 6.45) is 4.16. The zero-order valence-electron chi connectivity index (χ0n) is 19.0. The van der Waals surface area contributed by atoms with Crippen LogP contribution in [0.4, 0.5) is 10.1 Å². The number of hydrogen-bond donors (Lipinski definition) is 2. The van der Waals surface area contributed by atoms with E-state index in [9.17, 15) is 9.59 Å². The van der Waals surface area contributed by atoms with Gasteiger partial charge in [-0.3, -0.25) is 9.59 Å². The summed E-state index contributed by atoms with van der Waals surface area (Å²) < 4.78 is 16.5. The third-order valence-corrected chi connectivity index (χ3v) is 6.85. The molecule has 0 radical (unpaired) electrons. The highest BCUT2D eigenvalue weighted by Crippen LogP contribution is 2.40. The number of aromatic nitrogens is 8. The molecular formula is C23H18ClFN10O2. The molecule has 1 unspecified atom stereocenters. The van der Waals surface area contributed by atoms with Gasteiger partial charge in [0.2, 0.25) is 17.6 Å². The number of aromatic amines is 1. The smallest absolute Gasteiger partial charge is 0.247 e. The highest BCUT2D eigenvalue weighted by molar-refractivity contribution is 6.31. The summed E-state index contributed by atoms with van der Waals surface area (Å²) in [5, 5.41) is 27.7. The van der Waals surface area contributed by atoms with Gasteiger partial charge < -0.3 is 10.2 Å². The summed E-state index contributed by atoms with van der Waals surface area (Å²) in [7, 11) is 0. The van der Waals surface area contributed by atoms with Crippen molar-refractivity contribution in [2.45, 2.75) is 31.3 Å². The van der Waals surface area contributed by atoms with Gasteiger partial charge in [0.05, 0.1) is 10.7 Å². The second kappa shape index (κ2) is 9.17. The third-order valence-electron chi connectivity index (χ3n) is 6.56. The molecule has 12 nitrogen and oxygen atoms in total. The molecule has 14 heteroatoms. The van der Waals surface area contributed by atoms with Gasteiger partial charge in [-0.15, -0.1) is 15.3 Å². The Morgan fingerprint density at radius 3 is 2.73 bits per heavy atom. The van der Waals surface area contributed by atoms with E-state index in [1.54, 1.807) is 35.2 Å². The molecule has 0 saturated carbocycles. The number of H-pyrrole nitrogens is 1. The topological polar surface area (TPSA) is 147 Å². The number of halogens is 2. The highest BCUT2D eigenvalue weighted by Gasteiger charge is 2.43. The van der Waals surface area contributed by atoms with Crippen LogP contribution in [0.1, 0.15) is 24.8 Å². The second-order valence-corrected chi connectivity index (χ2v) is 9.09. The maximum Gasteiger partial charge on any atom is 0.247 e. The quantitative estimate of drug-likeness (QED) is 0.407. The van der Waals surface area contributed by atoms with Crippen LogP contribution < -0.4 is 5.32 Å². The van der Waals surface area contributed by atoms with Gasteiger partial charge in [0.15, 0.2) is 5.82 Å². The number of anilines is 1. The maximum atomic E-state index is 15.2. The molecule has 4 heterocycles. The van der Waals surface area contributed by atoms with Crippen molar-refractivity contribution in [1.29, 1.82) is 0 Å². The lowest BCUT2D eigenvalue weighted by atomic mass is 9.92. The van der Waals surface area contributed by atoms with Gasteiger partial charge in [0, 0.05) is 28.9 Å². The molecule has 0 spiro atoms. The lowest BCUT2D eigenvalue weighted by Crippen LogP contribution is -2.48. The Bertz CT molecular complexity index is 1510. The van der Waals surface area contributed by atoms with Crippen molar-refractivity contribution in [3.63, 3.8) is 0 Å². The molecule has 37 heavy (non-hydrogen) atoms. The standard InChI is InChI=1S/C23H18ClFN10O2/c24-16-6-8-17(34-11-26-30-33-34)20(21(16)25)13-9-15-5-7-18(35(15)19(36)10-13)23(37)27-14-3-1-12(2-4-14)22-28-31-32-29-22/h1-4,6,8,10-11,15,18H,5,7,9H2,(H,27,37)(H,28,29,31,32)/t15?,18-/m0/s1. The van der Waals surface area contributed by atoms with Crippen LogP contribution in [0.2, 0.25) is 5.02 Å². The number of fused-ring (bicyclic) bond motifs is 1. The van der Waals surface area contributed by atoms with Gasteiger partial charge in [0.25, 0.3) is 0 Å². The van der Waals surface area contributed by atoms with E-state index in [1.807, 2.05) is 0 Å². The van der Waals surface area contributed by atoms with Crippen molar-refractivity contribution >= 4 is 34.7 Å². The van der Waals surface area contributed by atoms with Gasteiger partial charge in [0.1, 0.15) is 12.4 Å². The number of nitrogens with zero attached hydrogens (tertiary/aromatic N) is 8. The monoisotopic (exact) mass is 520 g/mol. The Morgan fingerprint density at radius 1 is 1.16 bits per heavy atom. The van der Waals surface area contributed by atoms with Crippen molar-refractivity contribution < 1.29 is 14.0 Å². The Morgan fingerprint density at radius 2 is 2.00 bits per heavy atom. The van der Waals surface area contributed by atoms with Crippen LogP contribution in [0.25, 0.3) is 22.6 Å². The Hall–Kier alpha value is -4.52. The van der Waals surface area contributed by atoms with E-state index in [-0.39, 0.29) is 28.4 Å². The van der Waals surface area contributed by atoms with E-state index in [4.69, 9.17) is 11.6 Å². The maximum absolute atomic E-state index is 15.2. The summed E-state index contributed by atoms with van der Waals surface area (Å²) in [6.45, 7) is 0. The van der Waals surface area contributed by atoms with Crippen LogP contribution in [-0.2, 0) is 9.59 Å². The first-order valence-electron chi connectivity index (χ1n) is 11.4. The van der Waals surface area contributed by atoms with Crippen LogP contribution >= 0.6 is 11.6 Å². The summed E-state index contributed by atoms with van der Waals surface area (Å²) in [6, 6.07) is 9.10. The largest absolute Gasteiger partial charge is 0.324 e. The minimum Gasteiger partial charge on any atom is -0.324 e. The van der Waals surface area contributed by atoms with Gasteiger partial charge in [-0.25, -0.2) is 4.39 Å². The highest BCUT2D eigenvalue weighted by atomic mass is 35.5. The molecule has 0 aliphatic carbocycles. The van der Waals surface area contributed by atoms with Crippen molar-refractivity contribution in [2.75, 3.05) is 5.32 Å². The SMILES string of the molecule is O=C(Nc1ccc(-c2nn[nH]n2)cc1)[C@@H]1CCC2CC(c3c(-n4cnnn4)ccc(Cl)c3F)=CC(=O)N21. The predicted molar refractivity (Wildman–Crippen MR) is 129 cm³/mol. The fourth-order valence-corrected chi connectivity index (χ4v) is 5.06. The molecule has 0 bridgehead atoms. The van der Waals surface area contributed by atoms with E-state index in [1.165, 1.54) is 23.2 Å². The van der Waals surface area contributed by atoms with Gasteiger partial charge in [-0.2, -0.15) is 9.90 Å². The zero-order valence-corrected chi connectivity index (χ0v) is 19.8. The molecule has 2 aromatic heterocycles. The average molecular weight is 521 g/mol. The van der Waals surface area contributed by atoms with Crippen LogP contribution in [0.3, 0.4) is 0 Å². The van der Waals surface area contributed by atoms with Crippen molar-refractivity contribution in [3.05, 3.63) is 65.2 Å². The summed E-state index contributed by atoms with van der Waals surface area (Å²) in [5.74, 6) is -0.863. The van der Waals surface area contributed by atoms with Gasteiger partial charge >= 0.3 is 0 Å². The number of rotatable bonds is 5. The minimum atomic E-state index is -0.654. The fourth-order valence-electron chi connectivity index (χ4n) is 4.91. The van der Waals surface area contributed by atoms with Crippen molar-refractivity contribution in [2.24, 2.45) is 0 Å². The summed E-state index contributed by atoms with van der Waals surface area (Å²) >= 11 is 6.07. The molecule has 6 rings (SSSR count). The molecule has 2 amide bonds. The molecule has 2 atom stereocenters. The van der Waals surface area contributed by atoms with Crippen LogP contribution in [0, 0.1) is 5.82 Å². The minimum absolute atomic E-state index is 0.0726. The molecular weight excluding hydrogens is 503 g/mol. The third kappa shape index (κ3) is 4.12. The van der Waals surface area contributed by atoms with E-state index < -0.39 is 11.9 Å². The first-order valence-corrected chi connectivity index (χ1v) is 11.8. The Labute approximate surface area is 213 Å². The fraction of sp³-hybridized carbons (Fsp3) is 0.217. The van der Waals surface area contributed by atoms with Crippen LogP contribution in [-0.4, -0.2) is 69.6 Å². The Balaban J connectivity index is 1.23. The number of carbonyl (C=O) groups excluding carboxylic acids is 2. The average Bonchev–Trinajstić information content (AvgIpc) is 3.68. The molecule has 186 valence electrons. The Kier molecular flexibility index (Phi) is 5.68. The van der Waals surface area contributed by atoms with E-state index in [0.717, 1.165) is 5.56 Å². The van der Waals surface area contributed by atoms with Crippen LogP contribution in [0.5, 0.6) is 0 Å². The molecule has 2 aliphatic rings. The summed E-state index contributed by atoms with van der Waals surface area (Å²) in [5.41, 5.74) is 2.34. The molecule has 2 N–H and O–H groups in total. The van der Waals surface area contributed by atoms with Crippen molar-refractivity contribution in [3.8, 4) is 17.1 Å². The second-order valence-electron chi connectivity index (χ2n) is 8.68. The van der Waals surface area contributed by atoms with Gasteiger partial charge in [-0.05, 0) is 76.9 Å². The van der Waals surface area contributed by atoms with E-state index in [2.05, 4.69) is 41.5 Å².